The first-order valence-corrected chi connectivity index (χ1v) is 4.58. The summed E-state index contributed by atoms with van der Waals surface area (Å²) in [6, 6.07) is 0. The van der Waals surface area contributed by atoms with E-state index in [1.54, 1.807) is 0 Å². The van der Waals surface area contributed by atoms with E-state index in [9.17, 15) is 0 Å². The Balaban J connectivity index is 3.88. The van der Waals surface area contributed by atoms with E-state index in [1.807, 2.05) is 6.92 Å². The van der Waals surface area contributed by atoms with Gasteiger partial charge in [0.2, 0.25) is 0 Å². The minimum atomic E-state index is 0.499. The van der Waals surface area contributed by atoms with Crippen LogP contribution in [-0.4, -0.2) is 0 Å². The van der Waals surface area contributed by atoms with E-state index in [1.165, 1.54) is 5.57 Å². The van der Waals surface area contributed by atoms with Crippen molar-refractivity contribution in [2.75, 3.05) is 0 Å². The van der Waals surface area contributed by atoms with E-state index in [-0.39, 0.29) is 0 Å². The third-order valence-corrected chi connectivity index (χ3v) is 2.28. The maximum Gasteiger partial charge on any atom is 0.0296 e. The van der Waals surface area contributed by atoms with Crippen molar-refractivity contribution in [3.05, 3.63) is 30.0 Å². The van der Waals surface area contributed by atoms with E-state index in [0.29, 0.717) is 12.3 Å². The van der Waals surface area contributed by atoms with Crippen LogP contribution in [0.4, 0.5) is 0 Å². The van der Waals surface area contributed by atoms with Crippen LogP contribution >= 0.6 is 0 Å². The summed E-state index contributed by atoms with van der Waals surface area (Å²) in [5.74, 6) is 3.12. The summed E-state index contributed by atoms with van der Waals surface area (Å²) in [6.45, 7) is 11.8. The third-order valence-electron chi connectivity index (χ3n) is 2.28. The van der Waals surface area contributed by atoms with Gasteiger partial charge in [0.15, 0.2) is 0 Å². The molecule has 0 rings (SSSR count). The van der Waals surface area contributed by atoms with Crippen molar-refractivity contribution in [2.24, 2.45) is 5.92 Å². The summed E-state index contributed by atoms with van der Waals surface area (Å²) in [5.41, 5.74) is 5.25. The van der Waals surface area contributed by atoms with Crippen molar-refractivity contribution in [1.82, 2.24) is 0 Å². The first-order valence-electron chi connectivity index (χ1n) is 4.58. The lowest BCUT2D eigenvalue weighted by Crippen LogP contribution is -1.98. The van der Waals surface area contributed by atoms with Gasteiger partial charge in [-0.15, -0.1) is 18.1 Å². The number of terminal acetylenes is 1. The van der Waals surface area contributed by atoms with Crippen molar-refractivity contribution in [2.45, 2.75) is 33.1 Å². The second kappa shape index (κ2) is 6.35. The van der Waals surface area contributed by atoms with Gasteiger partial charge < -0.3 is 0 Å². The Morgan fingerprint density at radius 2 is 2.15 bits per heavy atom. The van der Waals surface area contributed by atoms with E-state index in [2.05, 4.69) is 31.7 Å². The van der Waals surface area contributed by atoms with Crippen LogP contribution in [0.5, 0.6) is 0 Å². The predicted molar refractivity (Wildman–Crippen MR) is 59.3 cm³/mol. The first kappa shape index (κ1) is 11.8. The molecule has 0 aliphatic rings. The summed E-state index contributed by atoms with van der Waals surface area (Å²) in [5, 5.41) is 0. The fourth-order valence-corrected chi connectivity index (χ4v) is 1.03. The molecule has 0 fully saturated rings. The molecule has 0 aromatic heterocycles. The Kier molecular flexibility index (Phi) is 5.77. The predicted octanol–water partition coefficient (Wildman–Crippen LogP) is 3.71. The fraction of sp³-hybridized carbons (Fsp3) is 0.462. The molecule has 0 aromatic carbocycles. The lowest BCUT2D eigenvalue weighted by Gasteiger charge is -2.11. The molecule has 0 heterocycles. The maximum absolute atomic E-state index is 5.21. The highest BCUT2D eigenvalue weighted by atomic mass is 14.1. The zero-order chi connectivity index (χ0) is 10.3. The zero-order valence-corrected chi connectivity index (χ0v) is 8.69. The molecule has 0 aliphatic heterocycles. The van der Waals surface area contributed by atoms with Gasteiger partial charge in [0, 0.05) is 6.42 Å². The first-order chi connectivity index (χ1) is 6.11. The second-order valence-electron chi connectivity index (χ2n) is 3.44. The Bertz CT molecular complexity index is 256. The molecule has 0 aliphatic carbocycles. The number of hydrogen-bond donors (Lipinski definition) is 0. The Hall–Kier alpha value is -1.18. The molecule has 0 amide bonds. The Labute approximate surface area is 82.0 Å². The van der Waals surface area contributed by atoms with Crippen molar-refractivity contribution in [1.29, 1.82) is 0 Å². The van der Waals surface area contributed by atoms with Crippen molar-refractivity contribution in [3.63, 3.8) is 0 Å². The van der Waals surface area contributed by atoms with Crippen LogP contribution in [0, 0.1) is 18.3 Å². The Morgan fingerprint density at radius 1 is 1.54 bits per heavy atom. The van der Waals surface area contributed by atoms with Gasteiger partial charge in [0.25, 0.3) is 0 Å². The molecule has 0 N–H and O–H groups in total. The highest BCUT2D eigenvalue weighted by molar-refractivity contribution is 5.09. The third kappa shape index (κ3) is 5.12. The van der Waals surface area contributed by atoms with Crippen molar-refractivity contribution in [3.8, 4) is 12.3 Å². The average Bonchev–Trinajstić information content (AvgIpc) is 2.13. The molecule has 1 unspecified atom stereocenters. The summed E-state index contributed by atoms with van der Waals surface area (Å²) >= 11 is 0. The molecule has 1 atom stereocenters. The SMILES string of the molecule is C#CCC(=C)C(C)CCC(C)=C=C. The van der Waals surface area contributed by atoms with Gasteiger partial charge in [-0.1, -0.05) is 25.7 Å². The molecule has 0 saturated heterocycles. The number of hydrogen-bond acceptors (Lipinski definition) is 0. The molecule has 0 aromatic rings. The molecule has 70 valence electrons. The van der Waals surface area contributed by atoms with Crippen LogP contribution in [0.25, 0.3) is 0 Å². The molecule has 0 nitrogen and oxygen atoms in total. The molecule has 0 heteroatoms. The molecule has 0 saturated carbocycles. The lowest BCUT2D eigenvalue weighted by atomic mass is 9.94. The number of allylic oxidation sites excluding steroid dienone is 2. The molecule has 0 bridgehead atoms. The highest BCUT2D eigenvalue weighted by Crippen LogP contribution is 2.19. The van der Waals surface area contributed by atoms with Crippen LogP contribution in [0.3, 0.4) is 0 Å². The second-order valence-corrected chi connectivity index (χ2v) is 3.44. The molecule has 0 spiro atoms. The highest BCUT2D eigenvalue weighted by Gasteiger charge is 2.05. The normalized spacial score (nSPS) is 11.2. The molecular formula is C13H18. The smallest absolute Gasteiger partial charge is 0.0296 e. The zero-order valence-electron chi connectivity index (χ0n) is 8.69. The van der Waals surface area contributed by atoms with Crippen LogP contribution in [-0.2, 0) is 0 Å². The van der Waals surface area contributed by atoms with Crippen molar-refractivity contribution < 1.29 is 0 Å². The minimum absolute atomic E-state index is 0.499. The minimum Gasteiger partial charge on any atom is -0.130 e. The van der Waals surface area contributed by atoms with Crippen LogP contribution < -0.4 is 0 Å². The average molecular weight is 174 g/mol. The topological polar surface area (TPSA) is 0 Å². The largest absolute Gasteiger partial charge is 0.130 e. The fourth-order valence-electron chi connectivity index (χ4n) is 1.03. The van der Waals surface area contributed by atoms with E-state index in [4.69, 9.17) is 6.42 Å². The van der Waals surface area contributed by atoms with Crippen molar-refractivity contribution >= 4 is 0 Å². The van der Waals surface area contributed by atoms with Gasteiger partial charge >= 0.3 is 0 Å². The summed E-state index contributed by atoms with van der Waals surface area (Å²) in [6.07, 6.45) is 8.03. The Morgan fingerprint density at radius 3 is 2.62 bits per heavy atom. The van der Waals surface area contributed by atoms with E-state index < -0.39 is 0 Å². The van der Waals surface area contributed by atoms with Crippen LogP contribution in [0.2, 0.25) is 0 Å². The lowest BCUT2D eigenvalue weighted by molar-refractivity contribution is 0.605. The van der Waals surface area contributed by atoms with Crippen LogP contribution in [0.1, 0.15) is 33.1 Å². The van der Waals surface area contributed by atoms with Gasteiger partial charge in [0.05, 0.1) is 0 Å². The van der Waals surface area contributed by atoms with Gasteiger partial charge in [0.1, 0.15) is 0 Å². The summed E-state index contributed by atoms with van der Waals surface area (Å²) in [4.78, 5) is 0. The van der Waals surface area contributed by atoms with Crippen LogP contribution in [0.15, 0.2) is 30.0 Å². The number of rotatable bonds is 5. The van der Waals surface area contributed by atoms with Gasteiger partial charge in [-0.2, -0.15) is 0 Å². The summed E-state index contributed by atoms with van der Waals surface area (Å²) < 4.78 is 0. The molecular weight excluding hydrogens is 156 g/mol. The standard InChI is InChI=1S/C13H18/c1-6-8-12(4)13(5)10-9-11(3)7-2/h1,13H,2,4,8-10H2,3,5H3. The molecule has 13 heavy (non-hydrogen) atoms. The quantitative estimate of drug-likeness (QED) is 0.338. The van der Waals surface area contributed by atoms with Gasteiger partial charge in [-0.3, -0.25) is 0 Å². The molecule has 0 radical (unpaired) electrons. The van der Waals surface area contributed by atoms with Gasteiger partial charge in [-0.05, 0) is 31.3 Å². The maximum atomic E-state index is 5.21. The van der Waals surface area contributed by atoms with E-state index >= 15 is 0 Å². The van der Waals surface area contributed by atoms with Gasteiger partial charge in [-0.25, -0.2) is 0 Å². The van der Waals surface area contributed by atoms with E-state index in [0.717, 1.165) is 18.4 Å². The summed E-state index contributed by atoms with van der Waals surface area (Å²) in [7, 11) is 0. The monoisotopic (exact) mass is 174 g/mol.